The van der Waals surface area contributed by atoms with Crippen molar-refractivity contribution in [2.45, 2.75) is 13.3 Å². The lowest BCUT2D eigenvalue weighted by atomic mass is 10.1. The van der Waals surface area contributed by atoms with Gasteiger partial charge in [-0.2, -0.15) is 5.26 Å². The normalized spacial score (nSPS) is 10.2. The van der Waals surface area contributed by atoms with Gasteiger partial charge in [-0.1, -0.05) is 24.6 Å². The molecule has 0 aliphatic carbocycles. The van der Waals surface area contributed by atoms with Crippen molar-refractivity contribution in [1.29, 1.82) is 5.26 Å². The summed E-state index contributed by atoms with van der Waals surface area (Å²) in [4.78, 5) is 4.16. The highest BCUT2D eigenvalue weighted by Gasteiger charge is 2.04. The van der Waals surface area contributed by atoms with Gasteiger partial charge < -0.3 is 0 Å². The molecule has 0 saturated carbocycles. The third kappa shape index (κ3) is 1.79. The number of pyridine rings is 1. The number of fused-ring (bicyclic) bond motifs is 1. The van der Waals surface area contributed by atoms with E-state index in [1.165, 1.54) is 5.56 Å². The van der Waals surface area contributed by atoms with E-state index in [0.717, 1.165) is 17.3 Å². The maximum absolute atomic E-state index is 8.83. The number of hydrogen-bond acceptors (Lipinski definition) is 2. The van der Waals surface area contributed by atoms with E-state index < -0.39 is 0 Å². The SMILES string of the molecule is CCc1ccc2nc(Cl)c(C#N)cc2c1. The average molecular weight is 217 g/mol. The molecule has 2 nitrogen and oxygen atoms in total. The number of nitrogens with zero attached hydrogens (tertiary/aromatic N) is 2. The number of nitriles is 1. The molecule has 0 bridgehead atoms. The summed E-state index contributed by atoms with van der Waals surface area (Å²) in [6, 6.07) is 9.81. The van der Waals surface area contributed by atoms with Crippen molar-refractivity contribution in [3.8, 4) is 6.07 Å². The molecule has 74 valence electrons. The molecule has 2 aromatic rings. The standard InChI is InChI=1S/C12H9ClN2/c1-2-8-3-4-11-9(5-8)6-10(7-14)12(13)15-11/h3-6H,2H2,1H3. The molecule has 0 N–H and O–H groups in total. The first-order chi connectivity index (χ1) is 7.24. The third-order valence-corrected chi connectivity index (χ3v) is 2.65. The topological polar surface area (TPSA) is 36.7 Å². The van der Waals surface area contributed by atoms with Crippen molar-refractivity contribution in [3.05, 3.63) is 40.5 Å². The second-order valence-electron chi connectivity index (χ2n) is 3.32. The van der Waals surface area contributed by atoms with Crippen LogP contribution in [0.3, 0.4) is 0 Å². The molecule has 0 amide bonds. The fourth-order valence-corrected chi connectivity index (χ4v) is 1.69. The lowest BCUT2D eigenvalue weighted by molar-refractivity contribution is 1.14. The molecular formula is C12H9ClN2. The molecule has 0 spiro atoms. The minimum atomic E-state index is 0.272. The molecule has 0 aliphatic heterocycles. The number of hydrogen-bond donors (Lipinski definition) is 0. The number of aromatic nitrogens is 1. The summed E-state index contributed by atoms with van der Waals surface area (Å²) >= 11 is 5.84. The minimum absolute atomic E-state index is 0.272. The Bertz CT molecular complexity index is 555. The Hall–Kier alpha value is -1.59. The Balaban J connectivity index is 2.72. The van der Waals surface area contributed by atoms with Crippen LogP contribution in [0, 0.1) is 11.3 Å². The summed E-state index contributed by atoms with van der Waals surface area (Å²) in [5, 5.41) is 10.1. The molecule has 1 aromatic heterocycles. The fourth-order valence-electron chi connectivity index (χ4n) is 1.50. The Morgan fingerprint density at radius 2 is 2.20 bits per heavy atom. The Kier molecular flexibility index (Phi) is 2.57. The third-order valence-electron chi connectivity index (χ3n) is 2.36. The maximum atomic E-state index is 8.83. The van der Waals surface area contributed by atoms with Crippen LogP contribution >= 0.6 is 11.6 Å². The van der Waals surface area contributed by atoms with Crippen LogP contribution in [0.15, 0.2) is 24.3 Å². The molecule has 0 fully saturated rings. The maximum Gasteiger partial charge on any atom is 0.147 e. The summed E-state index contributed by atoms with van der Waals surface area (Å²) in [5.41, 5.74) is 2.49. The van der Waals surface area contributed by atoms with Crippen LogP contribution in [0.2, 0.25) is 5.15 Å². The first-order valence-corrected chi connectivity index (χ1v) is 5.11. The van der Waals surface area contributed by atoms with E-state index >= 15 is 0 Å². The molecule has 0 saturated heterocycles. The van der Waals surface area contributed by atoms with Gasteiger partial charge in [0.15, 0.2) is 0 Å². The van der Waals surface area contributed by atoms with Gasteiger partial charge in [-0.15, -0.1) is 0 Å². The predicted octanol–water partition coefficient (Wildman–Crippen LogP) is 3.32. The van der Waals surface area contributed by atoms with E-state index in [2.05, 4.69) is 11.9 Å². The molecule has 2 rings (SSSR count). The fraction of sp³-hybridized carbons (Fsp3) is 0.167. The van der Waals surface area contributed by atoms with Gasteiger partial charge in [0.2, 0.25) is 0 Å². The van der Waals surface area contributed by atoms with Crippen LogP contribution in [0.4, 0.5) is 0 Å². The van der Waals surface area contributed by atoms with Crippen molar-refractivity contribution in [2.24, 2.45) is 0 Å². The van der Waals surface area contributed by atoms with Crippen molar-refractivity contribution >= 4 is 22.5 Å². The molecule has 0 atom stereocenters. The van der Waals surface area contributed by atoms with E-state index in [1.54, 1.807) is 6.07 Å². The van der Waals surface area contributed by atoms with E-state index in [-0.39, 0.29) is 5.15 Å². The van der Waals surface area contributed by atoms with Gasteiger partial charge >= 0.3 is 0 Å². The van der Waals surface area contributed by atoms with E-state index in [9.17, 15) is 0 Å². The van der Waals surface area contributed by atoms with Crippen LogP contribution in [0.1, 0.15) is 18.1 Å². The number of halogens is 1. The van der Waals surface area contributed by atoms with Crippen LogP contribution < -0.4 is 0 Å². The predicted molar refractivity (Wildman–Crippen MR) is 60.8 cm³/mol. The van der Waals surface area contributed by atoms with Gasteiger partial charge in [0.05, 0.1) is 11.1 Å². The monoisotopic (exact) mass is 216 g/mol. The Morgan fingerprint density at radius 3 is 2.87 bits per heavy atom. The molecule has 15 heavy (non-hydrogen) atoms. The van der Waals surface area contributed by atoms with Gasteiger partial charge in [-0.05, 0) is 30.2 Å². The zero-order valence-corrected chi connectivity index (χ0v) is 9.04. The summed E-state index contributed by atoms with van der Waals surface area (Å²) in [6.07, 6.45) is 0.973. The molecule has 0 aliphatic rings. The summed E-state index contributed by atoms with van der Waals surface area (Å²) in [6.45, 7) is 2.09. The summed E-state index contributed by atoms with van der Waals surface area (Å²) in [7, 11) is 0. The van der Waals surface area contributed by atoms with E-state index in [4.69, 9.17) is 16.9 Å². The van der Waals surface area contributed by atoms with Gasteiger partial charge in [0.25, 0.3) is 0 Å². The highest BCUT2D eigenvalue weighted by molar-refractivity contribution is 6.31. The first-order valence-electron chi connectivity index (χ1n) is 4.74. The smallest absolute Gasteiger partial charge is 0.147 e. The number of rotatable bonds is 1. The number of benzene rings is 1. The molecule has 1 heterocycles. The summed E-state index contributed by atoms with van der Waals surface area (Å²) < 4.78 is 0. The lowest BCUT2D eigenvalue weighted by Crippen LogP contribution is -1.87. The molecule has 3 heteroatoms. The molecule has 0 unspecified atom stereocenters. The van der Waals surface area contributed by atoms with Gasteiger partial charge in [-0.3, -0.25) is 0 Å². The van der Waals surface area contributed by atoms with Crippen molar-refractivity contribution in [2.75, 3.05) is 0 Å². The second kappa shape index (κ2) is 3.88. The molecule has 1 aromatic carbocycles. The van der Waals surface area contributed by atoms with Crippen molar-refractivity contribution in [1.82, 2.24) is 4.98 Å². The van der Waals surface area contributed by atoms with E-state index in [1.807, 2.05) is 24.3 Å². The molecule has 0 radical (unpaired) electrons. The second-order valence-corrected chi connectivity index (χ2v) is 3.68. The highest BCUT2D eigenvalue weighted by atomic mass is 35.5. The van der Waals surface area contributed by atoms with Crippen LogP contribution in [0.5, 0.6) is 0 Å². The van der Waals surface area contributed by atoms with Gasteiger partial charge in [0, 0.05) is 5.39 Å². The molecular weight excluding hydrogens is 208 g/mol. The lowest BCUT2D eigenvalue weighted by Gasteiger charge is -2.02. The number of aryl methyl sites for hydroxylation is 1. The zero-order chi connectivity index (χ0) is 10.8. The first kappa shape index (κ1) is 9.95. The zero-order valence-electron chi connectivity index (χ0n) is 8.29. The Labute approximate surface area is 93.1 Å². The van der Waals surface area contributed by atoms with Gasteiger partial charge in [-0.25, -0.2) is 4.98 Å². The average Bonchev–Trinajstić information content (AvgIpc) is 2.27. The van der Waals surface area contributed by atoms with Crippen LogP contribution in [-0.2, 0) is 6.42 Å². The minimum Gasteiger partial charge on any atom is -0.235 e. The van der Waals surface area contributed by atoms with Crippen LogP contribution in [0.25, 0.3) is 10.9 Å². The van der Waals surface area contributed by atoms with Crippen molar-refractivity contribution < 1.29 is 0 Å². The Morgan fingerprint density at radius 1 is 1.40 bits per heavy atom. The highest BCUT2D eigenvalue weighted by Crippen LogP contribution is 2.21. The van der Waals surface area contributed by atoms with Crippen molar-refractivity contribution in [3.63, 3.8) is 0 Å². The summed E-state index contributed by atoms with van der Waals surface area (Å²) in [5.74, 6) is 0. The van der Waals surface area contributed by atoms with E-state index in [0.29, 0.717) is 5.56 Å². The van der Waals surface area contributed by atoms with Gasteiger partial charge in [0.1, 0.15) is 11.2 Å². The van der Waals surface area contributed by atoms with Crippen LogP contribution in [-0.4, -0.2) is 4.98 Å². The quantitative estimate of drug-likeness (QED) is 0.686. The largest absolute Gasteiger partial charge is 0.235 e.